The number of hydrogen-bond acceptors (Lipinski definition) is 9. The molecule has 1 saturated heterocycles. The van der Waals surface area contributed by atoms with Crippen molar-refractivity contribution in [3.8, 4) is 0 Å². The van der Waals surface area contributed by atoms with E-state index in [1.54, 1.807) is 18.2 Å². The van der Waals surface area contributed by atoms with Crippen molar-refractivity contribution in [2.24, 2.45) is 0 Å². The van der Waals surface area contributed by atoms with Gasteiger partial charge in [-0.3, -0.25) is 0 Å². The van der Waals surface area contributed by atoms with Gasteiger partial charge in [-0.15, -0.1) is 0 Å². The van der Waals surface area contributed by atoms with Crippen LogP contribution in [0.2, 0.25) is 0 Å². The van der Waals surface area contributed by atoms with E-state index in [-0.39, 0.29) is 11.1 Å². The molecule has 1 fully saturated rings. The molecule has 0 unspecified atom stereocenters. The van der Waals surface area contributed by atoms with Gasteiger partial charge in [0.05, 0.1) is 16.0 Å². The van der Waals surface area contributed by atoms with Crippen LogP contribution in [0, 0.1) is 0 Å². The smallest absolute Gasteiger partial charge is 0.349 e. The maximum absolute atomic E-state index is 12.0. The van der Waals surface area contributed by atoms with Gasteiger partial charge in [0.2, 0.25) is 12.2 Å². The van der Waals surface area contributed by atoms with Crippen LogP contribution in [0.3, 0.4) is 0 Å². The number of sulfone groups is 1. The summed E-state index contributed by atoms with van der Waals surface area (Å²) in [6, 6.07) is 22.3. The Bertz CT molecular complexity index is 1490. The Morgan fingerprint density at radius 3 is 1.78 bits per heavy atom. The highest BCUT2D eigenvalue weighted by molar-refractivity contribution is 7.90. The van der Waals surface area contributed by atoms with Gasteiger partial charge >= 0.3 is 23.9 Å². The third kappa shape index (κ3) is 10.5. The lowest BCUT2D eigenvalue weighted by Gasteiger charge is -2.32. The Labute approximate surface area is 262 Å². The molecule has 4 rings (SSSR count). The highest BCUT2D eigenvalue weighted by Gasteiger charge is 2.41. The first kappa shape index (κ1) is 34.9. The number of piperidine rings is 1. The van der Waals surface area contributed by atoms with Crippen molar-refractivity contribution in [3.05, 3.63) is 102 Å². The largest absolute Gasteiger partial charge is 0.478 e. The van der Waals surface area contributed by atoms with Gasteiger partial charge in [0.25, 0.3) is 0 Å². The van der Waals surface area contributed by atoms with Gasteiger partial charge in [0.15, 0.2) is 9.84 Å². The van der Waals surface area contributed by atoms with E-state index in [0.717, 1.165) is 19.5 Å². The fourth-order valence-electron chi connectivity index (χ4n) is 4.84. The molecule has 2 N–H and O–H groups in total. The van der Waals surface area contributed by atoms with E-state index in [1.807, 2.05) is 12.1 Å². The minimum absolute atomic E-state index is 0.0253. The summed E-state index contributed by atoms with van der Waals surface area (Å²) in [5, 5.41) is 18.5. The van der Waals surface area contributed by atoms with E-state index in [2.05, 4.69) is 17.9 Å². The van der Waals surface area contributed by atoms with Crippen LogP contribution in [-0.2, 0) is 28.9 Å². The summed E-state index contributed by atoms with van der Waals surface area (Å²) in [4.78, 5) is 49.8. The predicted octanol–water partition coefficient (Wildman–Crippen LogP) is 4.29. The minimum atomic E-state index is -3.10. The number of rotatable bonds is 11. The van der Waals surface area contributed by atoms with Gasteiger partial charge in [-0.1, -0.05) is 55.5 Å². The fraction of sp³-hybridized carbons (Fsp3) is 0.333. The fourth-order valence-corrected chi connectivity index (χ4v) is 5.52. The summed E-state index contributed by atoms with van der Waals surface area (Å²) in [5.74, 6) is -5.16. The zero-order valence-electron chi connectivity index (χ0n) is 25.1. The zero-order valence-corrected chi connectivity index (χ0v) is 25.9. The average Bonchev–Trinajstić information content (AvgIpc) is 3.03. The number of esters is 2. The molecule has 1 aliphatic heterocycles. The maximum atomic E-state index is 12.0. The van der Waals surface area contributed by atoms with E-state index in [0.29, 0.717) is 10.8 Å². The molecular formula is C33H37NO10S. The Kier molecular flexibility index (Phi) is 12.8. The molecule has 3 aromatic carbocycles. The van der Waals surface area contributed by atoms with Crippen molar-refractivity contribution in [2.45, 2.75) is 49.2 Å². The molecule has 45 heavy (non-hydrogen) atoms. The summed E-state index contributed by atoms with van der Waals surface area (Å²) in [6.07, 6.45) is 0.383. The van der Waals surface area contributed by atoms with Crippen molar-refractivity contribution in [1.29, 1.82) is 0 Å². The number of carboxylic acid groups (broad SMARTS) is 2. The van der Waals surface area contributed by atoms with E-state index < -0.39 is 45.9 Å². The topological polar surface area (TPSA) is 165 Å². The van der Waals surface area contributed by atoms with Gasteiger partial charge in [-0.05, 0) is 80.2 Å². The van der Waals surface area contributed by atoms with E-state index >= 15 is 0 Å². The van der Waals surface area contributed by atoms with Crippen LogP contribution in [0.1, 0.15) is 58.4 Å². The van der Waals surface area contributed by atoms with Gasteiger partial charge in [-0.2, -0.15) is 0 Å². The summed E-state index contributed by atoms with van der Waals surface area (Å²) >= 11 is 0. The number of likely N-dealkylation sites (tertiary alicyclic amines) is 1. The highest BCUT2D eigenvalue weighted by Crippen LogP contribution is 2.28. The molecule has 0 spiro atoms. The van der Waals surface area contributed by atoms with Crippen molar-refractivity contribution in [2.75, 3.05) is 25.9 Å². The SMILES string of the molecule is CCCN1CCC[C@@H](c2cccc(S(C)(=O)=O)c2)C1.O=C(O[C@H](C(=O)O)[C@H](OC(=O)c1ccccc1)C(=O)O)c1ccccc1. The number of hydrogen-bond donors (Lipinski definition) is 2. The first-order valence-corrected chi connectivity index (χ1v) is 16.3. The molecule has 12 heteroatoms. The molecule has 3 atom stereocenters. The lowest BCUT2D eigenvalue weighted by Crippen LogP contribution is -2.45. The Balaban J connectivity index is 0.000000257. The third-order valence-electron chi connectivity index (χ3n) is 7.05. The van der Waals surface area contributed by atoms with Gasteiger partial charge < -0.3 is 24.6 Å². The molecule has 3 aromatic rings. The first-order chi connectivity index (χ1) is 21.4. The molecule has 11 nitrogen and oxygen atoms in total. The number of carbonyl (C=O) groups excluding carboxylic acids is 2. The lowest BCUT2D eigenvalue weighted by molar-refractivity contribution is -0.166. The van der Waals surface area contributed by atoms with Crippen LogP contribution < -0.4 is 0 Å². The normalized spacial score (nSPS) is 16.3. The quantitative estimate of drug-likeness (QED) is 0.288. The van der Waals surface area contributed by atoms with Gasteiger partial charge in [0.1, 0.15) is 0 Å². The predicted molar refractivity (Wildman–Crippen MR) is 165 cm³/mol. The second kappa shape index (κ2) is 16.5. The first-order valence-electron chi connectivity index (χ1n) is 14.4. The van der Waals surface area contributed by atoms with E-state index in [9.17, 15) is 37.8 Å². The van der Waals surface area contributed by atoms with Crippen LogP contribution in [0.15, 0.2) is 89.8 Å². The Morgan fingerprint density at radius 2 is 1.33 bits per heavy atom. The summed E-state index contributed by atoms with van der Waals surface area (Å²) in [7, 11) is -3.10. The Hall–Kier alpha value is -4.55. The van der Waals surface area contributed by atoms with Crippen molar-refractivity contribution < 1.29 is 47.3 Å². The van der Waals surface area contributed by atoms with Crippen LogP contribution in [0.5, 0.6) is 0 Å². The number of aliphatic carboxylic acids is 2. The molecule has 240 valence electrons. The molecule has 1 heterocycles. The van der Waals surface area contributed by atoms with Crippen molar-refractivity contribution in [1.82, 2.24) is 4.90 Å². The van der Waals surface area contributed by atoms with Crippen LogP contribution in [0.25, 0.3) is 0 Å². The summed E-state index contributed by atoms with van der Waals surface area (Å²) < 4.78 is 32.8. The number of carboxylic acids is 2. The molecule has 0 amide bonds. The summed E-state index contributed by atoms with van der Waals surface area (Å²) in [6.45, 7) is 5.58. The standard InChI is InChI=1S/C18H14O8.C15H23NO2S/c19-15(20)13(25-17(23)11-7-3-1-4-8-11)14(16(21)22)26-18(24)12-9-5-2-6-10-12;1-3-9-16-10-5-7-14(12-16)13-6-4-8-15(11-13)19(2,17)18/h1-10,13-14H,(H,19,20)(H,21,22);4,6,8,11,14H,3,5,7,9-10,12H2,1-2H3/t13-,14-;14-/m01/s1. The second-order valence-corrected chi connectivity index (χ2v) is 12.6. The van der Waals surface area contributed by atoms with Crippen molar-refractivity contribution >= 4 is 33.7 Å². The molecule has 0 aliphatic carbocycles. The molecule has 0 bridgehead atoms. The van der Waals surface area contributed by atoms with E-state index in [4.69, 9.17) is 9.47 Å². The highest BCUT2D eigenvalue weighted by atomic mass is 32.2. The van der Waals surface area contributed by atoms with E-state index in [1.165, 1.54) is 79.7 Å². The molecule has 0 radical (unpaired) electrons. The van der Waals surface area contributed by atoms with Crippen molar-refractivity contribution in [3.63, 3.8) is 0 Å². The molecule has 1 aliphatic rings. The van der Waals surface area contributed by atoms with Gasteiger partial charge in [-0.25, -0.2) is 27.6 Å². The average molecular weight is 640 g/mol. The number of nitrogens with zero attached hydrogens (tertiary/aromatic N) is 1. The number of benzene rings is 3. The number of carbonyl (C=O) groups is 4. The monoisotopic (exact) mass is 639 g/mol. The maximum Gasteiger partial charge on any atom is 0.349 e. The zero-order chi connectivity index (χ0) is 33.0. The molecular weight excluding hydrogens is 602 g/mol. The molecule has 0 aromatic heterocycles. The van der Waals surface area contributed by atoms with Gasteiger partial charge in [0, 0.05) is 12.8 Å². The van der Waals surface area contributed by atoms with Crippen LogP contribution in [-0.4, -0.2) is 85.5 Å². The van der Waals surface area contributed by atoms with Crippen LogP contribution >= 0.6 is 0 Å². The Morgan fingerprint density at radius 1 is 0.822 bits per heavy atom. The molecule has 0 saturated carbocycles. The minimum Gasteiger partial charge on any atom is -0.478 e. The van der Waals surface area contributed by atoms with Crippen LogP contribution in [0.4, 0.5) is 0 Å². The number of ether oxygens (including phenoxy) is 2. The second-order valence-electron chi connectivity index (χ2n) is 10.5. The third-order valence-corrected chi connectivity index (χ3v) is 8.16. The lowest BCUT2D eigenvalue weighted by atomic mass is 9.90. The summed E-state index contributed by atoms with van der Waals surface area (Å²) in [5.41, 5.74) is 1.22.